The number of furan rings is 1. The fourth-order valence-corrected chi connectivity index (χ4v) is 1.62. The van der Waals surface area contributed by atoms with Crippen molar-refractivity contribution in [1.82, 2.24) is 0 Å². The Morgan fingerprint density at radius 3 is 2.53 bits per heavy atom. The van der Waals surface area contributed by atoms with E-state index in [9.17, 15) is 4.79 Å². The van der Waals surface area contributed by atoms with Gasteiger partial charge in [0.15, 0.2) is 5.76 Å². The summed E-state index contributed by atoms with van der Waals surface area (Å²) in [6.07, 6.45) is 1.50. The molecule has 1 amide bonds. The van der Waals surface area contributed by atoms with Gasteiger partial charge in [0.1, 0.15) is 0 Å². The summed E-state index contributed by atoms with van der Waals surface area (Å²) in [7, 11) is 1.74. The fourth-order valence-electron chi connectivity index (χ4n) is 1.62. The van der Waals surface area contributed by atoms with Gasteiger partial charge in [-0.15, -0.1) is 0 Å². The van der Waals surface area contributed by atoms with Crippen molar-refractivity contribution in [1.29, 1.82) is 0 Å². The molecule has 0 aliphatic rings. The zero-order chi connectivity index (χ0) is 12.4. The number of anilines is 1. The third-order valence-electron chi connectivity index (χ3n) is 2.91. The van der Waals surface area contributed by atoms with Crippen molar-refractivity contribution in [3.63, 3.8) is 0 Å². The lowest BCUT2D eigenvalue weighted by atomic mass is 10.1. The van der Waals surface area contributed by atoms with Crippen LogP contribution < -0.4 is 4.90 Å². The van der Waals surface area contributed by atoms with E-state index in [0.29, 0.717) is 5.76 Å². The van der Waals surface area contributed by atoms with E-state index in [4.69, 9.17) is 4.42 Å². The van der Waals surface area contributed by atoms with E-state index in [1.807, 2.05) is 32.0 Å². The highest BCUT2D eigenvalue weighted by Gasteiger charge is 2.15. The predicted octanol–water partition coefficient (Wildman–Crippen LogP) is 3.17. The van der Waals surface area contributed by atoms with Crippen LogP contribution in [0.1, 0.15) is 21.7 Å². The van der Waals surface area contributed by atoms with Crippen LogP contribution in [0.3, 0.4) is 0 Å². The molecule has 0 spiro atoms. The molecule has 88 valence electrons. The largest absolute Gasteiger partial charge is 0.459 e. The van der Waals surface area contributed by atoms with E-state index in [0.717, 1.165) is 5.69 Å². The zero-order valence-electron chi connectivity index (χ0n) is 10.2. The Kier molecular flexibility index (Phi) is 3.00. The molecule has 1 aromatic carbocycles. The third kappa shape index (κ3) is 2.23. The maximum absolute atomic E-state index is 12.0. The van der Waals surface area contributed by atoms with Crippen LogP contribution in [0.2, 0.25) is 0 Å². The first-order valence-corrected chi connectivity index (χ1v) is 5.48. The van der Waals surface area contributed by atoms with Gasteiger partial charge >= 0.3 is 0 Å². The summed E-state index contributed by atoms with van der Waals surface area (Å²) >= 11 is 0. The highest BCUT2D eigenvalue weighted by atomic mass is 16.3. The van der Waals surface area contributed by atoms with Crippen LogP contribution in [0.25, 0.3) is 0 Å². The Morgan fingerprint density at radius 1 is 1.18 bits per heavy atom. The molecule has 1 aromatic heterocycles. The molecule has 0 radical (unpaired) electrons. The number of nitrogens with zero attached hydrogens (tertiary/aromatic N) is 1. The number of aryl methyl sites for hydroxylation is 2. The Labute approximate surface area is 101 Å². The molecular formula is C14H15NO2. The summed E-state index contributed by atoms with van der Waals surface area (Å²) in [5, 5.41) is 0. The van der Waals surface area contributed by atoms with Crippen LogP contribution in [0, 0.1) is 13.8 Å². The number of carbonyl (C=O) groups excluding carboxylic acids is 1. The Hall–Kier alpha value is -2.03. The van der Waals surface area contributed by atoms with Gasteiger partial charge in [0.2, 0.25) is 0 Å². The van der Waals surface area contributed by atoms with Crippen molar-refractivity contribution in [2.45, 2.75) is 13.8 Å². The Morgan fingerprint density at radius 2 is 1.94 bits per heavy atom. The molecule has 0 atom stereocenters. The molecule has 3 nitrogen and oxygen atoms in total. The molecule has 17 heavy (non-hydrogen) atoms. The van der Waals surface area contributed by atoms with Gasteiger partial charge in [0.05, 0.1) is 6.26 Å². The van der Waals surface area contributed by atoms with E-state index < -0.39 is 0 Å². The summed E-state index contributed by atoms with van der Waals surface area (Å²) in [6, 6.07) is 9.32. The topological polar surface area (TPSA) is 33.5 Å². The van der Waals surface area contributed by atoms with E-state index >= 15 is 0 Å². The van der Waals surface area contributed by atoms with Gasteiger partial charge in [0.25, 0.3) is 5.91 Å². The average molecular weight is 229 g/mol. The summed E-state index contributed by atoms with van der Waals surface area (Å²) in [4.78, 5) is 13.6. The number of amides is 1. The molecule has 0 saturated heterocycles. The first-order valence-electron chi connectivity index (χ1n) is 5.48. The van der Waals surface area contributed by atoms with Crippen molar-refractivity contribution in [2.24, 2.45) is 0 Å². The van der Waals surface area contributed by atoms with E-state index in [-0.39, 0.29) is 5.91 Å². The molecule has 0 saturated carbocycles. The van der Waals surface area contributed by atoms with Gasteiger partial charge in [-0.1, -0.05) is 6.07 Å². The number of carbonyl (C=O) groups is 1. The number of rotatable bonds is 2. The molecule has 1 heterocycles. The molecule has 2 aromatic rings. The predicted molar refractivity (Wildman–Crippen MR) is 67.4 cm³/mol. The smallest absolute Gasteiger partial charge is 0.293 e. The van der Waals surface area contributed by atoms with Crippen LogP contribution >= 0.6 is 0 Å². The highest BCUT2D eigenvalue weighted by molar-refractivity contribution is 6.03. The first-order chi connectivity index (χ1) is 8.09. The monoisotopic (exact) mass is 229 g/mol. The zero-order valence-corrected chi connectivity index (χ0v) is 10.2. The molecule has 0 unspecified atom stereocenters. The second-order valence-electron chi connectivity index (χ2n) is 4.11. The van der Waals surface area contributed by atoms with Crippen molar-refractivity contribution >= 4 is 11.6 Å². The average Bonchev–Trinajstić information content (AvgIpc) is 2.84. The van der Waals surface area contributed by atoms with Crippen LogP contribution in [-0.4, -0.2) is 13.0 Å². The lowest BCUT2D eigenvalue weighted by Gasteiger charge is -2.17. The van der Waals surface area contributed by atoms with E-state index in [1.54, 1.807) is 24.1 Å². The third-order valence-corrected chi connectivity index (χ3v) is 2.91. The minimum absolute atomic E-state index is 0.141. The lowest BCUT2D eigenvalue weighted by Crippen LogP contribution is -2.25. The second kappa shape index (κ2) is 4.45. The first kappa shape index (κ1) is 11.5. The molecule has 0 N–H and O–H groups in total. The molecule has 0 bridgehead atoms. The lowest BCUT2D eigenvalue weighted by molar-refractivity contribution is 0.0966. The molecule has 3 heteroatoms. The van der Waals surface area contributed by atoms with Crippen molar-refractivity contribution in [3.8, 4) is 0 Å². The summed E-state index contributed by atoms with van der Waals surface area (Å²) in [5.41, 5.74) is 3.25. The fraction of sp³-hybridized carbons (Fsp3) is 0.214. The van der Waals surface area contributed by atoms with Crippen LogP contribution in [0.4, 0.5) is 5.69 Å². The minimum Gasteiger partial charge on any atom is -0.459 e. The van der Waals surface area contributed by atoms with Crippen molar-refractivity contribution in [2.75, 3.05) is 11.9 Å². The molecule has 0 aliphatic carbocycles. The summed E-state index contributed by atoms with van der Waals surface area (Å²) < 4.78 is 5.10. The van der Waals surface area contributed by atoms with Gasteiger partial charge in [-0.2, -0.15) is 0 Å². The maximum atomic E-state index is 12.0. The van der Waals surface area contributed by atoms with Gasteiger partial charge in [-0.3, -0.25) is 4.79 Å². The molecule has 2 rings (SSSR count). The van der Waals surface area contributed by atoms with Crippen molar-refractivity contribution in [3.05, 3.63) is 53.5 Å². The summed E-state index contributed by atoms with van der Waals surface area (Å²) in [5.74, 6) is 0.212. The van der Waals surface area contributed by atoms with E-state index in [2.05, 4.69) is 0 Å². The highest BCUT2D eigenvalue weighted by Crippen LogP contribution is 2.19. The van der Waals surface area contributed by atoms with Gasteiger partial charge in [-0.25, -0.2) is 0 Å². The van der Waals surface area contributed by atoms with Gasteiger partial charge in [0, 0.05) is 12.7 Å². The summed E-state index contributed by atoms with van der Waals surface area (Å²) in [6.45, 7) is 4.08. The van der Waals surface area contributed by atoms with Crippen molar-refractivity contribution < 1.29 is 9.21 Å². The van der Waals surface area contributed by atoms with Gasteiger partial charge in [-0.05, 0) is 49.2 Å². The Balaban J connectivity index is 2.28. The molecule has 0 aliphatic heterocycles. The second-order valence-corrected chi connectivity index (χ2v) is 4.11. The van der Waals surface area contributed by atoms with E-state index in [1.165, 1.54) is 17.4 Å². The minimum atomic E-state index is -0.141. The van der Waals surface area contributed by atoms with Crippen LogP contribution in [-0.2, 0) is 0 Å². The number of benzene rings is 1. The molecular weight excluding hydrogens is 214 g/mol. The quantitative estimate of drug-likeness (QED) is 0.792. The van der Waals surface area contributed by atoms with Crippen LogP contribution in [0.5, 0.6) is 0 Å². The normalized spacial score (nSPS) is 10.3. The van der Waals surface area contributed by atoms with Gasteiger partial charge < -0.3 is 9.32 Å². The number of hydrogen-bond donors (Lipinski definition) is 0. The maximum Gasteiger partial charge on any atom is 0.293 e. The SMILES string of the molecule is Cc1ccc(N(C)C(=O)c2ccco2)cc1C. The Bertz CT molecular complexity index is 529. The molecule has 0 fully saturated rings. The standard InChI is InChI=1S/C14H15NO2/c1-10-6-7-12(9-11(10)2)15(3)14(16)13-5-4-8-17-13/h4-9H,1-3H3. The number of hydrogen-bond acceptors (Lipinski definition) is 2. The van der Waals surface area contributed by atoms with Crippen LogP contribution in [0.15, 0.2) is 41.0 Å².